The molecule has 2 atom stereocenters. The monoisotopic (exact) mass is 215 g/mol. The van der Waals surface area contributed by atoms with Crippen LogP contribution in [-0.2, 0) is 9.59 Å². The van der Waals surface area contributed by atoms with E-state index < -0.39 is 17.9 Å². The van der Waals surface area contributed by atoms with Gasteiger partial charge < -0.3 is 10.0 Å². The number of nitrogens with one attached hydrogen (secondary N) is 1. The van der Waals surface area contributed by atoms with E-state index in [2.05, 4.69) is 0 Å². The Kier molecular flexibility index (Phi) is 4.05. The first-order chi connectivity index (χ1) is 7.07. The maximum Gasteiger partial charge on any atom is 0.323 e. The SMILES string of the molecule is CN(C(=O)C(=O)NN)C1CCCCC1O. The van der Waals surface area contributed by atoms with Crippen molar-refractivity contribution in [2.24, 2.45) is 5.84 Å². The number of nitrogens with two attached hydrogens (primary N) is 1. The van der Waals surface area contributed by atoms with Gasteiger partial charge in [0.15, 0.2) is 0 Å². The summed E-state index contributed by atoms with van der Waals surface area (Å²) in [5.41, 5.74) is 1.79. The number of hydrogen-bond acceptors (Lipinski definition) is 4. The average molecular weight is 215 g/mol. The van der Waals surface area contributed by atoms with Crippen molar-refractivity contribution in [3.8, 4) is 0 Å². The molecule has 0 saturated heterocycles. The lowest BCUT2D eigenvalue weighted by Crippen LogP contribution is -2.52. The normalized spacial score (nSPS) is 25.8. The Balaban J connectivity index is 2.61. The van der Waals surface area contributed by atoms with Gasteiger partial charge in [-0.25, -0.2) is 5.84 Å². The molecule has 15 heavy (non-hydrogen) atoms. The second kappa shape index (κ2) is 5.09. The number of carbonyl (C=O) groups excluding carboxylic acids is 2. The third-order valence-electron chi connectivity index (χ3n) is 2.84. The maximum atomic E-state index is 11.4. The van der Waals surface area contributed by atoms with E-state index >= 15 is 0 Å². The predicted octanol–water partition coefficient (Wildman–Crippen LogP) is -1.26. The highest BCUT2D eigenvalue weighted by Gasteiger charge is 2.31. The molecule has 0 radical (unpaired) electrons. The first-order valence-electron chi connectivity index (χ1n) is 5.03. The van der Waals surface area contributed by atoms with Crippen molar-refractivity contribution in [3.05, 3.63) is 0 Å². The largest absolute Gasteiger partial charge is 0.391 e. The van der Waals surface area contributed by atoms with Crippen LogP contribution in [0.4, 0.5) is 0 Å². The minimum Gasteiger partial charge on any atom is -0.391 e. The number of carbonyl (C=O) groups is 2. The van der Waals surface area contributed by atoms with Gasteiger partial charge in [-0.3, -0.25) is 15.0 Å². The standard InChI is InChI=1S/C9H17N3O3/c1-12(9(15)8(14)11-10)6-4-2-3-5-7(6)13/h6-7,13H,2-5,10H2,1H3,(H,11,14). The van der Waals surface area contributed by atoms with Gasteiger partial charge in [-0.05, 0) is 12.8 Å². The summed E-state index contributed by atoms with van der Waals surface area (Å²) in [7, 11) is 1.51. The molecule has 1 fully saturated rings. The molecule has 2 amide bonds. The lowest BCUT2D eigenvalue weighted by atomic mass is 9.91. The van der Waals surface area contributed by atoms with Crippen LogP contribution in [0.3, 0.4) is 0 Å². The summed E-state index contributed by atoms with van der Waals surface area (Å²) in [6, 6.07) is -0.274. The summed E-state index contributed by atoms with van der Waals surface area (Å²) in [6.45, 7) is 0. The van der Waals surface area contributed by atoms with Gasteiger partial charge in [-0.15, -0.1) is 0 Å². The smallest absolute Gasteiger partial charge is 0.323 e. The molecule has 1 saturated carbocycles. The predicted molar refractivity (Wildman–Crippen MR) is 53.4 cm³/mol. The van der Waals surface area contributed by atoms with Crippen LogP contribution in [0.15, 0.2) is 0 Å². The Bertz CT molecular complexity index is 257. The quantitative estimate of drug-likeness (QED) is 0.220. The van der Waals surface area contributed by atoms with E-state index in [1.54, 1.807) is 5.43 Å². The van der Waals surface area contributed by atoms with Crippen molar-refractivity contribution in [1.29, 1.82) is 0 Å². The van der Waals surface area contributed by atoms with Crippen molar-refractivity contribution in [2.45, 2.75) is 37.8 Å². The molecular weight excluding hydrogens is 198 g/mol. The number of hydrogen-bond donors (Lipinski definition) is 3. The van der Waals surface area contributed by atoms with Crippen LogP contribution in [0.25, 0.3) is 0 Å². The summed E-state index contributed by atoms with van der Waals surface area (Å²) < 4.78 is 0. The lowest BCUT2D eigenvalue weighted by Gasteiger charge is -2.34. The molecule has 6 nitrogen and oxygen atoms in total. The number of aliphatic hydroxyl groups is 1. The van der Waals surface area contributed by atoms with Gasteiger partial charge in [0.25, 0.3) is 0 Å². The number of aliphatic hydroxyl groups excluding tert-OH is 1. The van der Waals surface area contributed by atoms with Crippen molar-refractivity contribution in [3.63, 3.8) is 0 Å². The van der Waals surface area contributed by atoms with E-state index in [0.717, 1.165) is 19.3 Å². The van der Waals surface area contributed by atoms with Crippen LogP contribution in [0.5, 0.6) is 0 Å². The number of rotatable bonds is 1. The second-order valence-electron chi connectivity index (χ2n) is 3.81. The summed E-state index contributed by atoms with van der Waals surface area (Å²) in [6.07, 6.45) is 2.78. The Morgan fingerprint density at radius 2 is 2.00 bits per heavy atom. The van der Waals surface area contributed by atoms with E-state index in [0.29, 0.717) is 6.42 Å². The Labute approximate surface area is 88.4 Å². The van der Waals surface area contributed by atoms with Gasteiger partial charge in [-0.2, -0.15) is 0 Å². The molecule has 1 rings (SSSR count). The molecular formula is C9H17N3O3. The minimum atomic E-state index is -0.852. The minimum absolute atomic E-state index is 0.274. The molecule has 0 aromatic heterocycles. The van der Waals surface area contributed by atoms with Gasteiger partial charge in [0.1, 0.15) is 0 Å². The van der Waals surface area contributed by atoms with E-state index in [4.69, 9.17) is 5.84 Å². The van der Waals surface area contributed by atoms with Gasteiger partial charge in [0.2, 0.25) is 0 Å². The molecule has 86 valence electrons. The zero-order chi connectivity index (χ0) is 11.4. The van der Waals surface area contributed by atoms with Crippen molar-refractivity contribution in [1.82, 2.24) is 10.3 Å². The van der Waals surface area contributed by atoms with Gasteiger partial charge in [0, 0.05) is 7.05 Å². The highest BCUT2D eigenvalue weighted by molar-refractivity contribution is 6.34. The number of likely N-dealkylation sites (N-methyl/N-ethyl adjacent to an activating group) is 1. The van der Waals surface area contributed by atoms with Gasteiger partial charge in [0.05, 0.1) is 12.1 Å². The van der Waals surface area contributed by atoms with Crippen LogP contribution in [-0.4, -0.2) is 41.0 Å². The fourth-order valence-electron chi connectivity index (χ4n) is 1.92. The number of hydrazine groups is 1. The van der Waals surface area contributed by atoms with E-state index in [9.17, 15) is 14.7 Å². The Morgan fingerprint density at radius 3 is 2.53 bits per heavy atom. The topological polar surface area (TPSA) is 95.7 Å². The lowest BCUT2D eigenvalue weighted by molar-refractivity contribution is -0.148. The van der Waals surface area contributed by atoms with Crippen molar-refractivity contribution < 1.29 is 14.7 Å². The van der Waals surface area contributed by atoms with Crippen LogP contribution >= 0.6 is 0 Å². The molecule has 6 heteroatoms. The third-order valence-corrected chi connectivity index (χ3v) is 2.84. The van der Waals surface area contributed by atoms with Crippen molar-refractivity contribution in [2.75, 3.05) is 7.05 Å². The Morgan fingerprint density at radius 1 is 1.40 bits per heavy atom. The first kappa shape index (κ1) is 11.9. The molecule has 0 heterocycles. The number of nitrogens with zero attached hydrogens (tertiary/aromatic N) is 1. The Hall–Kier alpha value is -1.14. The molecule has 0 aromatic rings. The van der Waals surface area contributed by atoms with Crippen molar-refractivity contribution >= 4 is 11.8 Å². The fourth-order valence-corrected chi connectivity index (χ4v) is 1.92. The maximum absolute atomic E-state index is 11.4. The molecule has 0 aliphatic heterocycles. The van der Waals surface area contributed by atoms with Crippen LogP contribution < -0.4 is 11.3 Å². The number of amides is 2. The van der Waals surface area contributed by atoms with E-state index in [1.165, 1.54) is 11.9 Å². The molecule has 0 bridgehead atoms. The first-order valence-corrected chi connectivity index (χ1v) is 5.03. The highest BCUT2D eigenvalue weighted by atomic mass is 16.3. The summed E-state index contributed by atoms with van der Waals surface area (Å²) in [4.78, 5) is 23.7. The zero-order valence-corrected chi connectivity index (χ0v) is 8.77. The van der Waals surface area contributed by atoms with E-state index in [-0.39, 0.29) is 6.04 Å². The van der Waals surface area contributed by atoms with E-state index in [1.807, 2.05) is 0 Å². The van der Waals surface area contributed by atoms with Crippen LogP contribution in [0.2, 0.25) is 0 Å². The van der Waals surface area contributed by atoms with Gasteiger partial charge >= 0.3 is 11.8 Å². The van der Waals surface area contributed by atoms with Crippen LogP contribution in [0.1, 0.15) is 25.7 Å². The average Bonchev–Trinajstić information content (AvgIpc) is 2.26. The molecule has 1 aliphatic carbocycles. The molecule has 1 aliphatic rings. The second-order valence-corrected chi connectivity index (χ2v) is 3.81. The van der Waals surface area contributed by atoms with Gasteiger partial charge in [-0.1, -0.05) is 12.8 Å². The third kappa shape index (κ3) is 2.66. The highest BCUT2D eigenvalue weighted by Crippen LogP contribution is 2.22. The summed E-state index contributed by atoms with van der Waals surface area (Å²) in [5, 5.41) is 9.69. The summed E-state index contributed by atoms with van der Waals surface area (Å²) >= 11 is 0. The zero-order valence-electron chi connectivity index (χ0n) is 8.77. The summed E-state index contributed by atoms with van der Waals surface area (Å²) in [5.74, 6) is 3.31. The molecule has 0 aromatic carbocycles. The van der Waals surface area contributed by atoms with Crippen LogP contribution in [0, 0.1) is 0 Å². The molecule has 0 spiro atoms. The fraction of sp³-hybridized carbons (Fsp3) is 0.778. The molecule has 4 N–H and O–H groups in total. The molecule has 2 unspecified atom stereocenters.